The minimum atomic E-state index is -1.43. The van der Waals surface area contributed by atoms with Crippen LogP contribution in [0, 0.1) is 5.41 Å². The standard InChI is InChI=1S/C2H2O3.CH5N3/c3-1-2(4)5;2-1(3)4/h1H,(H,4,5);(H5,2,3,4). The molecule has 0 aromatic carbocycles. The first kappa shape index (κ1) is 10.4. The fourth-order valence-corrected chi connectivity index (χ4v) is 0. The molecule has 6 N–H and O–H groups in total. The van der Waals surface area contributed by atoms with Gasteiger partial charge in [-0.3, -0.25) is 10.2 Å². The van der Waals surface area contributed by atoms with Gasteiger partial charge in [0.15, 0.2) is 5.96 Å². The fraction of sp³-hybridized carbons (Fsp3) is 0. The van der Waals surface area contributed by atoms with Gasteiger partial charge >= 0.3 is 5.97 Å². The first-order valence-corrected chi connectivity index (χ1v) is 1.78. The summed E-state index contributed by atoms with van der Waals surface area (Å²) >= 11 is 0. The summed E-state index contributed by atoms with van der Waals surface area (Å²) in [6.07, 6.45) is -0.167. The minimum Gasteiger partial charge on any atom is -0.476 e. The molecule has 0 aromatic heterocycles. The van der Waals surface area contributed by atoms with Crippen molar-refractivity contribution in [2.45, 2.75) is 0 Å². The zero-order valence-electron chi connectivity index (χ0n) is 4.50. The van der Waals surface area contributed by atoms with Crippen LogP contribution in [0.4, 0.5) is 0 Å². The number of hydrogen-bond acceptors (Lipinski definition) is 3. The van der Waals surface area contributed by atoms with Gasteiger partial charge in [-0.25, -0.2) is 4.79 Å². The average molecular weight is 133 g/mol. The van der Waals surface area contributed by atoms with E-state index in [9.17, 15) is 0 Å². The lowest BCUT2D eigenvalue weighted by Crippen LogP contribution is -2.20. The molecule has 0 aliphatic heterocycles. The molecule has 6 nitrogen and oxygen atoms in total. The molecular weight excluding hydrogens is 126 g/mol. The Morgan fingerprint density at radius 1 is 1.56 bits per heavy atom. The number of carbonyl (C=O) groups is 2. The van der Waals surface area contributed by atoms with E-state index in [1.54, 1.807) is 0 Å². The van der Waals surface area contributed by atoms with Crippen LogP contribution in [0.1, 0.15) is 0 Å². The molecule has 6 heteroatoms. The number of aliphatic carboxylic acids is 1. The van der Waals surface area contributed by atoms with Gasteiger partial charge in [0.05, 0.1) is 0 Å². The number of hydrogen-bond donors (Lipinski definition) is 4. The summed E-state index contributed by atoms with van der Waals surface area (Å²) in [6.45, 7) is 0. The Morgan fingerprint density at radius 3 is 1.67 bits per heavy atom. The van der Waals surface area contributed by atoms with E-state index in [1.165, 1.54) is 0 Å². The molecule has 0 aliphatic rings. The first-order valence-electron chi connectivity index (χ1n) is 1.78. The molecule has 0 fully saturated rings. The Morgan fingerprint density at radius 2 is 1.67 bits per heavy atom. The predicted octanol–water partition coefficient (Wildman–Crippen LogP) is -1.89. The van der Waals surface area contributed by atoms with Crippen molar-refractivity contribution in [3.63, 3.8) is 0 Å². The van der Waals surface area contributed by atoms with Crippen LogP contribution in [0.5, 0.6) is 0 Å². The van der Waals surface area contributed by atoms with Crippen molar-refractivity contribution in [3.05, 3.63) is 0 Å². The highest BCUT2D eigenvalue weighted by Gasteiger charge is 1.80. The molecule has 0 bridgehead atoms. The quantitative estimate of drug-likeness (QED) is 0.144. The van der Waals surface area contributed by atoms with Crippen molar-refractivity contribution in [2.24, 2.45) is 11.5 Å². The zero-order valence-corrected chi connectivity index (χ0v) is 4.50. The Balaban J connectivity index is 0. The van der Waals surface area contributed by atoms with E-state index in [0.717, 1.165) is 0 Å². The predicted molar refractivity (Wildman–Crippen MR) is 29.8 cm³/mol. The molecule has 0 atom stereocenters. The number of rotatable bonds is 1. The van der Waals surface area contributed by atoms with Crippen LogP contribution >= 0.6 is 0 Å². The van der Waals surface area contributed by atoms with Crippen molar-refractivity contribution in [2.75, 3.05) is 0 Å². The molecule has 0 radical (unpaired) electrons. The van der Waals surface area contributed by atoms with E-state index in [2.05, 4.69) is 11.5 Å². The fourth-order valence-electron chi connectivity index (χ4n) is 0. The molecule has 0 saturated carbocycles. The maximum absolute atomic E-state index is 9.00. The van der Waals surface area contributed by atoms with Crippen LogP contribution in [0.3, 0.4) is 0 Å². The second-order valence-corrected chi connectivity index (χ2v) is 0.911. The van der Waals surface area contributed by atoms with Gasteiger partial charge in [-0.15, -0.1) is 0 Å². The number of guanidine groups is 1. The molecule has 0 aliphatic carbocycles. The van der Waals surface area contributed by atoms with Crippen molar-refractivity contribution < 1.29 is 14.7 Å². The largest absolute Gasteiger partial charge is 0.476 e. The highest BCUT2D eigenvalue weighted by Crippen LogP contribution is 1.39. The third-order valence-corrected chi connectivity index (χ3v) is 0.101. The van der Waals surface area contributed by atoms with Gasteiger partial charge in [-0.2, -0.15) is 0 Å². The van der Waals surface area contributed by atoms with E-state index < -0.39 is 5.97 Å². The van der Waals surface area contributed by atoms with E-state index in [1.807, 2.05) is 0 Å². The van der Waals surface area contributed by atoms with Crippen molar-refractivity contribution in [3.8, 4) is 0 Å². The molecule has 0 heterocycles. The summed E-state index contributed by atoms with van der Waals surface area (Å²) in [5, 5.41) is 13.4. The van der Waals surface area contributed by atoms with E-state index in [4.69, 9.17) is 20.1 Å². The van der Waals surface area contributed by atoms with Gasteiger partial charge in [0.1, 0.15) is 0 Å². The third-order valence-electron chi connectivity index (χ3n) is 0.101. The van der Waals surface area contributed by atoms with Gasteiger partial charge in [0, 0.05) is 0 Å². The number of carbonyl (C=O) groups excluding carboxylic acids is 1. The van der Waals surface area contributed by atoms with Gasteiger partial charge in [-0.05, 0) is 0 Å². The Bertz CT molecular complexity index is 117. The Kier molecular flexibility index (Phi) is 7.41. The van der Waals surface area contributed by atoms with Crippen LogP contribution in [-0.4, -0.2) is 23.3 Å². The summed E-state index contributed by atoms with van der Waals surface area (Å²) in [5.41, 5.74) is 8.94. The highest BCUT2D eigenvalue weighted by atomic mass is 16.4. The Hall–Kier alpha value is -1.59. The smallest absolute Gasteiger partial charge is 0.368 e. The molecule has 52 valence electrons. The first-order chi connectivity index (χ1) is 4.00. The van der Waals surface area contributed by atoms with Crippen LogP contribution < -0.4 is 11.5 Å². The second kappa shape index (κ2) is 6.41. The molecule has 0 spiro atoms. The number of nitrogens with one attached hydrogen (secondary N) is 1. The van der Waals surface area contributed by atoms with Crippen LogP contribution in [-0.2, 0) is 9.59 Å². The maximum atomic E-state index is 9.00. The van der Waals surface area contributed by atoms with Crippen LogP contribution in [0.15, 0.2) is 0 Å². The molecular formula is C3H7N3O3. The van der Waals surface area contributed by atoms with Crippen LogP contribution in [0.25, 0.3) is 0 Å². The zero-order chi connectivity index (χ0) is 7.86. The molecule has 9 heavy (non-hydrogen) atoms. The lowest BCUT2D eigenvalue weighted by molar-refractivity contribution is -0.143. The SMILES string of the molecule is N=C(N)N.O=CC(=O)O. The highest BCUT2D eigenvalue weighted by molar-refractivity contribution is 6.19. The second-order valence-electron chi connectivity index (χ2n) is 0.911. The number of carboxylic acid groups (broad SMARTS) is 1. The molecule has 0 rings (SSSR count). The number of carboxylic acids is 1. The average Bonchev–Trinajstić information content (AvgIpc) is 1.65. The van der Waals surface area contributed by atoms with E-state index in [-0.39, 0.29) is 12.2 Å². The van der Waals surface area contributed by atoms with Crippen molar-refractivity contribution >= 4 is 18.2 Å². The normalized spacial score (nSPS) is 6.22. The van der Waals surface area contributed by atoms with Gasteiger partial charge < -0.3 is 16.6 Å². The van der Waals surface area contributed by atoms with E-state index in [0.29, 0.717) is 0 Å². The summed E-state index contributed by atoms with van der Waals surface area (Å²) in [4.78, 5) is 17.9. The summed E-state index contributed by atoms with van der Waals surface area (Å²) in [6, 6.07) is 0. The maximum Gasteiger partial charge on any atom is 0.368 e. The van der Waals surface area contributed by atoms with Gasteiger partial charge in [0.25, 0.3) is 0 Å². The minimum absolute atomic E-state index is 0.167. The lowest BCUT2D eigenvalue weighted by Gasteiger charge is -1.69. The Labute approximate surface area is 51.0 Å². The summed E-state index contributed by atoms with van der Waals surface area (Å²) in [5.74, 6) is -1.76. The van der Waals surface area contributed by atoms with Crippen molar-refractivity contribution in [1.82, 2.24) is 0 Å². The van der Waals surface area contributed by atoms with Crippen molar-refractivity contribution in [1.29, 1.82) is 5.41 Å². The van der Waals surface area contributed by atoms with Crippen LogP contribution in [0.2, 0.25) is 0 Å². The third kappa shape index (κ3) is 742. The molecule has 0 amide bonds. The van der Waals surface area contributed by atoms with E-state index >= 15 is 0 Å². The number of aldehydes is 1. The van der Waals surface area contributed by atoms with Gasteiger partial charge in [0.2, 0.25) is 6.29 Å². The number of nitrogens with two attached hydrogens (primary N) is 2. The lowest BCUT2D eigenvalue weighted by atomic mass is 10.8. The molecule has 0 saturated heterocycles. The molecule has 0 unspecified atom stereocenters. The topological polar surface area (TPSA) is 130 Å². The summed E-state index contributed by atoms with van der Waals surface area (Å²) < 4.78 is 0. The monoisotopic (exact) mass is 133 g/mol. The van der Waals surface area contributed by atoms with Gasteiger partial charge in [-0.1, -0.05) is 0 Å². The molecule has 0 aromatic rings. The summed E-state index contributed by atoms with van der Waals surface area (Å²) in [7, 11) is 0.